The zero-order valence-corrected chi connectivity index (χ0v) is 15.7. The van der Waals surface area contributed by atoms with Crippen LogP contribution < -0.4 is 14.8 Å². The van der Waals surface area contributed by atoms with Crippen molar-refractivity contribution in [1.29, 1.82) is 0 Å². The molecule has 0 bridgehead atoms. The zero-order chi connectivity index (χ0) is 17.9. The Morgan fingerprint density at radius 3 is 2.42 bits per heavy atom. The quantitative estimate of drug-likeness (QED) is 0.869. The maximum Gasteiger partial charge on any atom is 0.217 e. The Hall–Kier alpha value is -1.75. The Morgan fingerprint density at radius 2 is 1.92 bits per heavy atom. The van der Waals surface area contributed by atoms with Crippen LogP contribution in [0.4, 0.5) is 0 Å². The van der Waals surface area contributed by atoms with Crippen LogP contribution in [0.5, 0.6) is 11.5 Å². The number of hydrogen-bond donors (Lipinski definition) is 1. The Kier molecular flexibility index (Phi) is 6.10. The number of carbonyl (C=O) groups is 1. The van der Waals surface area contributed by atoms with Gasteiger partial charge in [-0.2, -0.15) is 0 Å². The number of fused-ring (bicyclic) bond motifs is 1. The molecule has 1 amide bonds. The van der Waals surface area contributed by atoms with Crippen molar-refractivity contribution in [2.24, 2.45) is 5.92 Å². The molecule has 0 fully saturated rings. The number of nitrogens with one attached hydrogen (secondary N) is 1. The van der Waals surface area contributed by atoms with Gasteiger partial charge in [0.25, 0.3) is 0 Å². The summed E-state index contributed by atoms with van der Waals surface area (Å²) < 4.78 is 11.0. The maximum absolute atomic E-state index is 11.8. The third-order valence-electron chi connectivity index (χ3n) is 4.86. The Labute approximate surface area is 145 Å². The smallest absolute Gasteiger partial charge is 0.217 e. The summed E-state index contributed by atoms with van der Waals surface area (Å²) in [7, 11) is 3.32. The maximum atomic E-state index is 11.8. The van der Waals surface area contributed by atoms with E-state index in [1.165, 1.54) is 11.1 Å². The molecule has 1 aromatic carbocycles. The molecule has 0 saturated heterocycles. The summed E-state index contributed by atoms with van der Waals surface area (Å²) in [5, 5.41) is 3.17. The van der Waals surface area contributed by atoms with Crippen molar-refractivity contribution in [2.45, 2.75) is 46.2 Å². The van der Waals surface area contributed by atoms with Crippen molar-refractivity contribution >= 4 is 5.91 Å². The first-order chi connectivity index (χ1) is 11.4. The summed E-state index contributed by atoms with van der Waals surface area (Å²) in [4.78, 5) is 14.2. The van der Waals surface area contributed by atoms with Crippen LogP contribution in [-0.4, -0.2) is 44.2 Å². The first kappa shape index (κ1) is 18.6. The highest BCUT2D eigenvalue weighted by molar-refractivity contribution is 5.73. The van der Waals surface area contributed by atoms with Gasteiger partial charge in [-0.1, -0.05) is 20.8 Å². The number of ether oxygens (including phenoxy) is 2. The molecule has 0 saturated carbocycles. The number of methoxy groups -OCH3 is 2. The summed E-state index contributed by atoms with van der Waals surface area (Å²) in [5.41, 5.74) is 2.51. The summed E-state index contributed by atoms with van der Waals surface area (Å²) >= 11 is 0. The van der Waals surface area contributed by atoms with Crippen LogP contribution in [0, 0.1) is 5.92 Å². The third kappa shape index (κ3) is 3.66. The van der Waals surface area contributed by atoms with Gasteiger partial charge in [0, 0.05) is 13.5 Å². The molecule has 1 aliphatic rings. The van der Waals surface area contributed by atoms with Crippen molar-refractivity contribution in [1.82, 2.24) is 10.2 Å². The van der Waals surface area contributed by atoms with E-state index in [4.69, 9.17) is 9.47 Å². The normalized spacial score (nSPS) is 18.9. The highest BCUT2D eigenvalue weighted by atomic mass is 16.5. The van der Waals surface area contributed by atoms with Crippen molar-refractivity contribution in [3.05, 3.63) is 23.3 Å². The highest BCUT2D eigenvalue weighted by Crippen LogP contribution is 2.40. The zero-order valence-electron chi connectivity index (χ0n) is 15.7. The Morgan fingerprint density at radius 1 is 1.29 bits per heavy atom. The van der Waals surface area contributed by atoms with Crippen LogP contribution in [0.15, 0.2) is 12.1 Å². The van der Waals surface area contributed by atoms with Gasteiger partial charge in [0.05, 0.1) is 26.3 Å². The van der Waals surface area contributed by atoms with Gasteiger partial charge in [0.1, 0.15) is 0 Å². The lowest BCUT2D eigenvalue weighted by molar-refractivity contribution is -0.120. The van der Waals surface area contributed by atoms with Crippen LogP contribution in [-0.2, 0) is 11.2 Å². The average molecular weight is 334 g/mol. The van der Waals surface area contributed by atoms with E-state index >= 15 is 0 Å². The van der Waals surface area contributed by atoms with Crippen molar-refractivity contribution < 1.29 is 14.3 Å². The minimum absolute atomic E-state index is 0.0114. The van der Waals surface area contributed by atoms with Crippen molar-refractivity contribution in [2.75, 3.05) is 27.3 Å². The van der Waals surface area contributed by atoms with Gasteiger partial charge in [-0.15, -0.1) is 0 Å². The molecule has 1 heterocycles. The van der Waals surface area contributed by atoms with Gasteiger partial charge < -0.3 is 14.8 Å². The van der Waals surface area contributed by atoms with E-state index < -0.39 is 0 Å². The van der Waals surface area contributed by atoms with Crippen LogP contribution in [0.1, 0.15) is 44.9 Å². The van der Waals surface area contributed by atoms with E-state index in [9.17, 15) is 4.79 Å². The standard InChI is InChI=1S/C19H30N2O3/c1-7-21-9-8-14-10-16(23-5)17(24-6)11-15(14)19(21)18(12(2)3)20-13(4)22/h10-12,18-19H,7-9H2,1-6H3,(H,20,22)/t18-,19-/m1/s1. The molecule has 1 aromatic rings. The fourth-order valence-corrected chi connectivity index (χ4v) is 3.65. The lowest BCUT2D eigenvalue weighted by Crippen LogP contribution is -2.50. The van der Waals surface area contributed by atoms with Gasteiger partial charge in [-0.05, 0) is 42.1 Å². The molecule has 0 unspecified atom stereocenters. The fourth-order valence-electron chi connectivity index (χ4n) is 3.65. The number of rotatable bonds is 6. The third-order valence-corrected chi connectivity index (χ3v) is 4.86. The molecule has 0 aromatic heterocycles. The Balaban J connectivity index is 2.54. The minimum atomic E-state index is 0.0114. The first-order valence-electron chi connectivity index (χ1n) is 8.68. The molecule has 1 N–H and O–H groups in total. The fraction of sp³-hybridized carbons (Fsp3) is 0.632. The number of amides is 1. The molecule has 0 spiro atoms. The van der Waals surface area contributed by atoms with E-state index in [0.717, 1.165) is 31.0 Å². The molecule has 5 heteroatoms. The lowest BCUT2D eigenvalue weighted by atomic mass is 9.83. The molecular weight excluding hydrogens is 304 g/mol. The Bertz CT molecular complexity index is 586. The van der Waals surface area contributed by atoms with Crippen molar-refractivity contribution in [3.63, 3.8) is 0 Å². The topological polar surface area (TPSA) is 50.8 Å². The first-order valence-corrected chi connectivity index (χ1v) is 8.68. The summed E-state index contributed by atoms with van der Waals surface area (Å²) in [5.74, 6) is 1.84. The van der Waals surface area contributed by atoms with E-state index in [2.05, 4.69) is 43.1 Å². The van der Waals surface area contributed by atoms with Gasteiger partial charge in [-0.25, -0.2) is 0 Å². The van der Waals surface area contributed by atoms with E-state index in [1.54, 1.807) is 21.1 Å². The van der Waals surface area contributed by atoms with Crippen LogP contribution >= 0.6 is 0 Å². The van der Waals surface area contributed by atoms with Gasteiger partial charge in [0.2, 0.25) is 5.91 Å². The molecule has 5 nitrogen and oxygen atoms in total. The second kappa shape index (κ2) is 7.88. The SMILES string of the molecule is CCN1CCc2cc(OC)c(OC)cc2[C@@H]1[C@H](NC(C)=O)C(C)C. The van der Waals surface area contributed by atoms with Gasteiger partial charge in [-0.3, -0.25) is 9.69 Å². The highest BCUT2D eigenvalue weighted by Gasteiger charge is 2.36. The molecular formula is C19H30N2O3. The number of hydrogen-bond acceptors (Lipinski definition) is 4. The van der Waals surface area contributed by atoms with Crippen LogP contribution in [0.2, 0.25) is 0 Å². The number of likely N-dealkylation sites (N-methyl/N-ethyl adjacent to an activating group) is 1. The molecule has 0 radical (unpaired) electrons. The second-order valence-electron chi connectivity index (χ2n) is 6.70. The average Bonchev–Trinajstić information content (AvgIpc) is 2.57. The number of benzene rings is 1. The van der Waals surface area contributed by atoms with E-state index in [-0.39, 0.29) is 18.0 Å². The predicted molar refractivity (Wildman–Crippen MR) is 95.7 cm³/mol. The molecule has 0 aliphatic carbocycles. The van der Waals surface area contributed by atoms with Gasteiger partial charge >= 0.3 is 0 Å². The molecule has 2 rings (SSSR count). The molecule has 1 aliphatic heterocycles. The van der Waals surface area contributed by atoms with Crippen LogP contribution in [0.3, 0.4) is 0 Å². The molecule has 134 valence electrons. The minimum Gasteiger partial charge on any atom is -0.493 e. The second-order valence-corrected chi connectivity index (χ2v) is 6.70. The van der Waals surface area contributed by atoms with Crippen molar-refractivity contribution in [3.8, 4) is 11.5 Å². The molecule has 24 heavy (non-hydrogen) atoms. The van der Waals surface area contributed by atoms with Crippen LogP contribution in [0.25, 0.3) is 0 Å². The van der Waals surface area contributed by atoms with E-state index in [1.807, 2.05) is 0 Å². The largest absolute Gasteiger partial charge is 0.493 e. The van der Waals surface area contributed by atoms with Gasteiger partial charge in [0.15, 0.2) is 11.5 Å². The summed E-state index contributed by atoms with van der Waals surface area (Å²) in [6.45, 7) is 9.99. The predicted octanol–water partition coefficient (Wildman–Crippen LogP) is 2.78. The lowest BCUT2D eigenvalue weighted by Gasteiger charge is -2.43. The number of nitrogens with zero attached hydrogens (tertiary/aromatic N) is 1. The summed E-state index contributed by atoms with van der Waals surface area (Å²) in [6, 6.07) is 4.36. The monoisotopic (exact) mass is 334 g/mol. The molecule has 2 atom stereocenters. The van der Waals surface area contributed by atoms with E-state index in [0.29, 0.717) is 5.92 Å². The number of carbonyl (C=O) groups excluding carboxylic acids is 1. The summed E-state index contributed by atoms with van der Waals surface area (Å²) in [6.07, 6.45) is 0.977.